The third-order valence-corrected chi connectivity index (χ3v) is 2.46. The van der Waals surface area contributed by atoms with Gasteiger partial charge in [-0.25, -0.2) is 0 Å². The third kappa shape index (κ3) is 3.75. The molecule has 0 heterocycles. The molecule has 5 nitrogen and oxygen atoms in total. The van der Waals surface area contributed by atoms with E-state index in [4.69, 9.17) is 5.26 Å². The normalized spacial score (nSPS) is 11.8. The molecule has 1 aromatic carbocycles. The molecule has 5 heteroatoms. The highest BCUT2D eigenvalue weighted by Gasteiger charge is 2.24. The van der Waals surface area contributed by atoms with E-state index in [0.717, 1.165) is 0 Å². The minimum absolute atomic E-state index is 0.0298. The second-order valence-electron chi connectivity index (χ2n) is 5.10. The number of allylic oxidation sites excluding steroid dienone is 1. The standard InChI is InChI=1S/C14H14N2O3/c1-14(2,3)13(17)11(9-15)8-10-4-6-12(7-5-10)16(18)19/h4-8H,1-3H3/b11-8-. The van der Waals surface area contributed by atoms with Crippen LogP contribution in [0.4, 0.5) is 5.69 Å². The molecule has 0 aliphatic heterocycles. The molecule has 0 fully saturated rings. The number of nitro groups is 1. The van der Waals surface area contributed by atoms with Crippen molar-refractivity contribution in [2.24, 2.45) is 5.41 Å². The molecular formula is C14H14N2O3. The summed E-state index contributed by atoms with van der Waals surface area (Å²) in [5.41, 5.74) is -0.0404. The number of ketones is 1. The number of carbonyl (C=O) groups excluding carboxylic acids is 1. The summed E-state index contributed by atoms with van der Waals surface area (Å²) in [6.07, 6.45) is 1.44. The first-order valence-corrected chi connectivity index (χ1v) is 5.67. The van der Waals surface area contributed by atoms with E-state index in [-0.39, 0.29) is 17.0 Å². The van der Waals surface area contributed by atoms with Gasteiger partial charge in [0.1, 0.15) is 6.07 Å². The number of rotatable bonds is 3. The van der Waals surface area contributed by atoms with Gasteiger partial charge < -0.3 is 0 Å². The summed E-state index contributed by atoms with van der Waals surface area (Å²) in [7, 11) is 0. The molecule has 19 heavy (non-hydrogen) atoms. The van der Waals surface area contributed by atoms with E-state index in [1.807, 2.05) is 6.07 Å². The van der Waals surface area contributed by atoms with E-state index < -0.39 is 10.3 Å². The molecule has 0 aliphatic carbocycles. The first kappa shape index (κ1) is 14.6. The van der Waals surface area contributed by atoms with Gasteiger partial charge in [-0.3, -0.25) is 14.9 Å². The Kier molecular flexibility index (Phi) is 4.18. The molecule has 0 spiro atoms. The molecule has 0 radical (unpaired) electrons. The van der Waals surface area contributed by atoms with Crippen molar-refractivity contribution >= 4 is 17.5 Å². The fraction of sp³-hybridized carbons (Fsp3) is 0.286. The molecule has 0 bridgehead atoms. The van der Waals surface area contributed by atoms with E-state index >= 15 is 0 Å². The van der Waals surface area contributed by atoms with Gasteiger partial charge in [-0.05, 0) is 23.8 Å². The van der Waals surface area contributed by atoms with Crippen molar-refractivity contribution in [1.82, 2.24) is 0 Å². The lowest BCUT2D eigenvalue weighted by Crippen LogP contribution is -2.21. The average Bonchev–Trinajstić information content (AvgIpc) is 2.34. The van der Waals surface area contributed by atoms with Crippen molar-refractivity contribution in [3.05, 3.63) is 45.5 Å². The molecule has 1 rings (SSSR count). The summed E-state index contributed by atoms with van der Waals surface area (Å²) in [6.45, 7) is 5.20. The highest BCUT2D eigenvalue weighted by molar-refractivity contribution is 6.06. The first-order chi connectivity index (χ1) is 8.75. The predicted molar refractivity (Wildman–Crippen MR) is 71.1 cm³/mol. The Hall–Kier alpha value is -2.48. The lowest BCUT2D eigenvalue weighted by molar-refractivity contribution is -0.384. The Bertz CT molecular complexity index is 572. The summed E-state index contributed by atoms with van der Waals surface area (Å²) >= 11 is 0. The number of nitrogens with zero attached hydrogens (tertiary/aromatic N) is 2. The number of Topliss-reactive ketones (excluding diaryl/α,β-unsaturated/α-hetero) is 1. The van der Waals surface area contributed by atoms with Gasteiger partial charge in [0.2, 0.25) is 0 Å². The van der Waals surface area contributed by atoms with Gasteiger partial charge in [0.05, 0.1) is 10.5 Å². The Morgan fingerprint density at radius 2 is 1.84 bits per heavy atom. The van der Waals surface area contributed by atoms with Crippen molar-refractivity contribution in [2.45, 2.75) is 20.8 Å². The molecule has 0 atom stereocenters. The largest absolute Gasteiger partial charge is 0.293 e. The van der Waals surface area contributed by atoms with Crippen molar-refractivity contribution in [3.8, 4) is 6.07 Å². The predicted octanol–water partition coefficient (Wildman–Crippen LogP) is 3.12. The zero-order valence-electron chi connectivity index (χ0n) is 11.0. The van der Waals surface area contributed by atoms with Gasteiger partial charge >= 0.3 is 0 Å². The molecule has 0 unspecified atom stereocenters. The molecule has 0 N–H and O–H groups in total. The van der Waals surface area contributed by atoms with Crippen LogP contribution in [-0.2, 0) is 4.79 Å². The number of hydrogen-bond donors (Lipinski definition) is 0. The van der Waals surface area contributed by atoms with Gasteiger partial charge in [-0.15, -0.1) is 0 Å². The summed E-state index contributed by atoms with van der Waals surface area (Å²) in [4.78, 5) is 22.0. The number of non-ortho nitro benzene ring substituents is 1. The Morgan fingerprint density at radius 1 is 1.32 bits per heavy atom. The van der Waals surface area contributed by atoms with Crippen molar-refractivity contribution < 1.29 is 9.72 Å². The average molecular weight is 258 g/mol. The van der Waals surface area contributed by atoms with Crippen LogP contribution in [-0.4, -0.2) is 10.7 Å². The number of nitriles is 1. The molecule has 1 aromatic rings. The second-order valence-corrected chi connectivity index (χ2v) is 5.10. The van der Waals surface area contributed by atoms with Crippen LogP contribution < -0.4 is 0 Å². The van der Waals surface area contributed by atoms with Crippen molar-refractivity contribution in [1.29, 1.82) is 5.26 Å². The van der Waals surface area contributed by atoms with Gasteiger partial charge in [0, 0.05) is 17.5 Å². The maximum atomic E-state index is 12.0. The summed E-state index contributed by atoms with van der Waals surface area (Å²) in [5, 5.41) is 19.5. The lowest BCUT2D eigenvalue weighted by atomic mass is 9.86. The molecule has 0 amide bonds. The quantitative estimate of drug-likeness (QED) is 0.361. The van der Waals surface area contributed by atoms with Gasteiger partial charge in [0.15, 0.2) is 5.78 Å². The van der Waals surface area contributed by atoms with Crippen LogP contribution in [0.3, 0.4) is 0 Å². The smallest absolute Gasteiger partial charge is 0.269 e. The summed E-state index contributed by atoms with van der Waals surface area (Å²) < 4.78 is 0. The van der Waals surface area contributed by atoms with E-state index in [0.29, 0.717) is 5.56 Å². The monoisotopic (exact) mass is 258 g/mol. The van der Waals surface area contributed by atoms with Crippen molar-refractivity contribution in [2.75, 3.05) is 0 Å². The molecule has 98 valence electrons. The molecule has 0 aromatic heterocycles. The van der Waals surface area contributed by atoms with Gasteiger partial charge in [-0.1, -0.05) is 20.8 Å². The van der Waals surface area contributed by atoms with Crippen LogP contribution in [0.15, 0.2) is 29.8 Å². The zero-order chi connectivity index (χ0) is 14.6. The number of benzene rings is 1. The molecule has 0 saturated heterocycles. The summed E-state index contributed by atoms with van der Waals surface area (Å²) in [6, 6.07) is 7.55. The minimum atomic E-state index is -0.637. The Morgan fingerprint density at radius 3 is 2.21 bits per heavy atom. The number of nitro benzene ring substituents is 1. The zero-order valence-corrected chi connectivity index (χ0v) is 11.0. The molecule has 0 aliphatic rings. The summed E-state index contributed by atoms with van der Waals surface area (Å²) in [5.74, 6) is -0.256. The van der Waals surface area contributed by atoms with E-state index in [1.54, 1.807) is 20.8 Å². The molecule has 0 saturated carbocycles. The Balaban J connectivity index is 3.10. The highest BCUT2D eigenvalue weighted by Crippen LogP contribution is 2.22. The SMILES string of the molecule is CC(C)(C)C(=O)/C(C#N)=C\c1ccc([N+](=O)[O-])cc1. The third-order valence-electron chi connectivity index (χ3n) is 2.46. The number of carbonyl (C=O) groups is 1. The van der Waals surface area contributed by atoms with Crippen LogP contribution in [0.1, 0.15) is 26.3 Å². The second kappa shape index (κ2) is 5.44. The van der Waals surface area contributed by atoms with Gasteiger partial charge in [0.25, 0.3) is 5.69 Å². The Labute approximate surface area is 111 Å². The fourth-order valence-electron chi connectivity index (χ4n) is 1.41. The van der Waals surface area contributed by atoms with Crippen LogP contribution in [0.5, 0.6) is 0 Å². The minimum Gasteiger partial charge on any atom is -0.293 e. The van der Waals surface area contributed by atoms with Crippen LogP contribution >= 0.6 is 0 Å². The topological polar surface area (TPSA) is 84.0 Å². The van der Waals surface area contributed by atoms with E-state index in [2.05, 4.69) is 0 Å². The van der Waals surface area contributed by atoms with Crippen LogP contribution in [0.2, 0.25) is 0 Å². The molecular weight excluding hydrogens is 244 g/mol. The van der Waals surface area contributed by atoms with Crippen LogP contribution in [0.25, 0.3) is 6.08 Å². The maximum Gasteiger partial charge on any atom is 0.269 e. The van der Waals surface area contributed by atoms with E-state index in [9.17, 15) is 14.9 Å². The highest BCUT2D eigenvalue weighted by atomic mass is 16.6. The maximum absolute atomic E-state index is 12.0. The fourth-order valence-corrected chi connectivity index (χ4v) is 1.41. The first-order valence-electron chi connectivity index (χ1n) is 5.67. The lowest BCUT2D eigenvalue weighted by Gasteiger charge is -2.15. The van der Waals surface area contributed by atoms with Crippen LogP contribution in [0, 0.1) is 26.9 Å². The van der Waals surface area contributed by atoms with Gasteiger partial charge in [-0.2, -0.15) is 5.26 Å². The van der Waals surface area contributed by atoms with Crippen molar-refractivity contribution in [3.63, 3.8) is 0 Å². The number of hydrogen-bond acceptors (Lipinski definition) is 4. The van der Waals surface area contributed by atoms with E-state index in [1.165, 1.54) is 30.3 Å².